The minimum atomic E-state index is -5.61. The van der Waals surface area contributed by atoms with Gasteiger partial charge in [-0.05, 0) is 0 Å². The number of hydrogen-bond donors (Lipinski definition) is 11. The first-order valence-electron chi connectivity index (χ1n) is 21.3. The fourth-order valence-electron chi connectivity index (χ4n) is 3.13. The van der Waals surface area contributed by atoms with Gasteiger partial charge in [-0.2, -0.15) is 0 Å². The Bertz CT molecular complexity index is 1820. The molecule has 2 rings (SSSR count). The second kappa shape index (κ2) is 13.6. The van der Waals surface area contributed by atoms with E-state index in [1.54, 1.807) is 0 Å². The standard InChI is InChI=1S/C22H36N2O17/c1-7(27)24-14-10(30)4-21(19(35)36,40-18(14)16(34)12(32)6-26)41-20(37)22(38-8(2)28)3-9(29)13(23)17(39-22)15(33)11(31)5-25/h9-18,25-26,29-34H,3-6,23H2,1-2H3,(H,24,27)(H,35,36)/t9-,10-,11+,12+,13+,14+,15+,16+,17+,18+,21+,22-/m0/s1/i1D3,4D2,5D,6D2,10D,11D,12D,14D,15D,16D,17D,18D,26D,30D,31D,32D,33D,34D/hD/t5?,9-,10-,11+,12+,13+,14+,15+,16+,17+,18+,21+,22-. The van der Waals surface area contributed by atoms with Crippen molar-refractivity contribution in [2.45, 2.75) is 98.9 Å². The number of carboxylic acids is 1. The zero-order valence-corrected chi connectivity index (χ0v) is 20.0. The summed E-state index contributed by atoms with van der Waals surface area (Å²) in [5, 5.41) is 53.1. The molecule has 2 aliphatic heterocycles. The lowest BCUT2D eigenvalue weighted by Crippen LogP contribution is -2.70. The average molecular weight is 624 g/mol. The third kappa shape index (κ3) is 7.45. The second-order valence-corrected chi connectivity index (χ2v) is 7.66. The Hall–Kier alpha value is -2.56. The van der Waals surface area contributed by atoms with Crippen LogP contribution < -0.4 is 11.0 Å². The molecule has 0 radical (unpaired) electrons. The van der Waals surface area contributed by atoms with Crippen LogP contribution in [0.4, 0.5) is 0 Å². The third-order valence-electron chi connectivity index (χ3n) is 4.84. The Balaban J connectivity index is 3.39. The van der Waals surface area contributed by atoms with Crippen LogP contribution in [-0.4, -0.2) is 164 Å². The number of nitrogens with one attached hydrogen (secondary N) is 1. The van der Waals surface area contributed by atoms with E-state index in [1.807, 2.05) is 0 Å². The first-order chi connectivity index (χ1) is 28.6. The largest absolute Gasteiger partial charge is 0.476 e. The van der Waals surface area contributed by atoms with Crippen molar-refractivity contribution in [1.29, 1.82) is 8.59 Å². The number of aliphatic carboxylic acids is 1. The lowest BCUT2D eigenvalue weighted by Gasteiger charge is -2.48. The van der Waals surface area contributed by atoms with Crippen molar-refractivity contribution in [2.24, 2.45) is 5.73 Å². The fourth-order valence-corrected chi connectivity index (χ4v) is 3.13. The quantitative estimate of drug-likeness (QED) is 0.0670. The number of amides is 1. The Morgan fingerprint density at radius 3 is 2.44 bits per heavy atom. The molecule has 0 aliphatic carbocycles. The average Bonchev–Trinajstić information content (AvgIpc) is 3.20. The molecule has 0 aromatic carbocycles. The first-order valence-corrected chi connectivity index (χ1v) is 10.4. The van der Waals surface area contributed by atoms with E-state index in [9.17, 15) is 35.9 Å². The predicted molar refractivity (Wildman–Crippen MR) is 126 cm³/mol. The molecule has 13 atom stereocenters. The second-order valence-electron chi connectivity index (χ2n) is 7.66. The summed E-state index contributed by atoms with van der Waals surface area (Å²) in [7, 11) is 0. The molecule has 41 heavy (non-hydrogen) atoms. The maximum Gasteiger partial charge on any atom is 0.382 e. The number of carbonyl (C=O) groups is 4. The minimum Gasteiger partial charge on any atom is -0.476 e. The van der Waals surface area contributed by atoms with Gasteiger partial charge in [0.1, 0.15) is 36.5 Å². The Labute approximate surface area is 264 Å². The number of carboxylic acid groups (broad SMARTS) is 1. The van der Waals surface area contributed by atoms with Gasteiger partial charge in [0.2, 0.25) is 14.5 Å². The number of rotatable bonds is 17. The molecule has 236 valence electrons. The highest BCUT2D eigenvalue weighted by Crippen LogP contribution is 2.38. The molecule has 0 aromatic heterocycles. The number of aliphatic hydroxyl groups is 8. The van der Waals surface area contributed by atoms with Crippen LogP contribution >= 0.6 is 0 Å². The highest BCUT2D eigenvalue weighted by atomic mass is 16.8. The van der Waals surface area contributed by atoms with Gasteiger partial charge in [-0.1, -0.05) is 0 Å². The van der Waals surface area contributed by atoms with E-state index in [1.165, 1.54) is 0 Å². The van der Waals surface area contributed by atoms with Crippen LogP contribution in [0.15, 0.2) is 0 Å². The van der Waals surface area contributed by atoms with E-state index >= 15 is 0 Å². The maximum atomic E-state index is 14.5. The summed E-state index contributed by atoms with van der Waals surface area (Å²) in [5.74, 6) is -21.0. The van der Waals surface area contributed by atoms with Gasteiger partial charge in [0.25, 0.3) is 0 Å². The highest BCUT2D eigenvalue weighted by molar-refractivity contribution is 5.86. The van der Waals surface area contributed by atoms with Crippen LogP contribution in [0.5, 0.6) is 0 Å². The van der Waals surface area contributed by atoms with Crippen molar-refractivity contribution < 1.29 is 107 Å². The molecule has 19 heteroatoms. The van der Waals surface area contributed by atoms with Gasteiger partial charge in [0.05, 0.1) is 65.3 Å². The molecule has 12 N–H and O–H groups in total. The monoisotopic (exact) mass is 623 g/mol. The van der Waals surface area contributed by atoms with Crippen molar-refractivity contribution in [1.82, 2.24) is 5.31 Å². The highest BCUT2D eigenvalue weighted by Gasteiger charge is 2.62. The molecule has 2 fully saturated rings. The number of aliphatic hydroxyl groups excluding tert-OH is 2. The van der Waals surface area contributed by atoms with Gasteiger partial charge in [0, 0.05) is 20.6 Å². The summed E-state index contributed by atoms with van der Waals surface area (Å²) in [6.07, 6.45) is -44.1. The number of carbonyl (C=O) groups excluding carboxylic acids is 3. The van der Waals surface area contributed by atoms with Crippen LogP contribution in [0.1, 0.15) is 48.5 Å². The van der Waals surface area contributed by atoms with Gasteiger partial charge in [0.15, 0.2) is 1.41 Å². The van der Waals surface area contributed by atoms with E-state index in [0.717, 1.165) is 0 Å². The van der Waals surface area contributed by atoms with Crippen LogP contribution in [0.2, 0.25) is 1.41 Å². The van der Waals surface area contributed by atoms with Crippen molar-refractivity contribution in [3.63, 3.8) is 0 Å². The molecule has 1 amide bonds. The van der Waals surface area contributed by atoms with Crippen LogP contribution in [-0.2, 0) is 38.1 Å². The van der Waals surface area contributed by atoms with Crippen LogP contribution in [0.25, 0.3) is 0 Å². The van der Waals surface area contributed by atoms with Crippen molar-refractivity contribution in [2.75, 3.05) is 13.1 Å². The van der Waals surface area contributed by atoms with E-state index in [-0.39, 0.29) is 0 Å². The van der Waals surface area contributed by atoms with Crippen LogP contribution in [0.3, 0.4) is 0 Å². The fraction of sp³-hybridized carbons (Fsp3) is 0.818. The number of hydrogen-bond acceptors (Lipinski definition) is 17. The summed E-state index contributed by atoms with van der Waals surface area (Å²) >= 11 is 0. The molecule has 1 unspecified atom stereocenters. The van der Waals surface area contributed by atoms with Gasteiger partial charge >= 0.3 is 29.5 Å². The van der Waals surface area contributed by atoms with E-state index in [0.29, 0.717) is 6.92 Å². The zero-order chi connectivity index (χ0) is 50.9. The molecule has 2 aliphatic rings. The predicted octanol–water partition coefficient (Wildman–Crippen LogP) is -6.87. The number of esters is 2. The SMILES string of the molecule is [2H]OC([2H])([2H])[C@@]([2H])(O[2H])[C@@]([2H])(O[2H])[C@]1([2H])O[C@](OC(=O)[C@]2(OC(C)=O)C[C@H](O)[C@@H](N)[C@]([2H])([C@]([2H])(O[2H])[C@]([2H])(O[2H])C([2H])O)O2)(C(=O)O)C([2H])([2H])[C@]([2H])(O[2H])[C@@]1([2H])N([2H])C(=O)C([2H])([2H])[2H]. The summed E-state index contributed by atoms with van der Waals surface area (Å²) in [4.78, 5) is 53.6. The summed E-state index contributed by atoms with van der Waals surface area (Å²) in [5.41, 5.74) is 5.78. The Morgan fingerprint density at radius 1 is 1.22 bits per heavy atom. The molecule has 0 bridgehead atoms. The normalized spacial score (nSPS) is 57.6. The molecule has 19 nitrogen and oxygen atoms in total. The number of ether oxygens (including phenoxy) is 4. The van der Waals surface area contributed by atoms with Gasteiger partial charge in [-0.25, -0.2) is 9.59 Å². The molecule has 2 saturated heterocycles. The molecule has 0 spiro atoms. The lowest BCUT2D eigenvalue weighted by molar-refractivity contribution is -0.333. The molecular weight excluding hydrogens is 564 g/mol. The lowest BCUT2D eigenvalue weighted by atomic mass is 9.88. The minimum absolute atomic E-state index is 0.340. The Kier molecular flexibility index (Phi) is 4.59. The summed E-state index contributed by atoms with van der Waals surface area (Å²) in [6, 6.07) is -8.12. The van der Waals surface area contributed by atoms with Crippen molar-refractivity contribution in [3.05, 3.63) is 0 Å². The van der Waals surface area contributed by atoms with Gasteiger partial charge in [-0.15, -0.1) is 0 Å². The summed E-state index contributed by atoms with van der Waals surface area (Å²) in [6.45, 7) is -11.9. The van der Waals surface area contributed by atoms with E-state index < -0.39 is 134 Å². The smallest absolute Gasteiger partial charge is 0.382 e. The maximum absolute atomic E-state index is 14.5. The molecule has 0 saturated carbocycles. The third-order valence-corrected chi connectivity index (χ3v) is 4.84. The first kappa shape index (κ1) is 13.8. The van der Waals surface area contributed by atoms with E-state index in [2.05, 4.69) is 35.4 Å². The Morgan fingerprint density at radius 2 is 1.90 bits per heavy atom. The van der Waals surface area contributed by atoms with E-state index in [4.69, 9.17) is 50.5 Å². The van der Waals surface area contributed by atoms with Gasteiger partial charge < -0.3 is 76.0 Å². The number of nitrogens with two attached hydrogens (primary N) is 1. The summed E-state index contributed by atoms with van der Waals surface area (Å²) < 4.78 is 205. The van der Waals surface area contributed by atoms with Gasteiger partial charge in [-0.3, -0.25) is 9.59 Å². The van der Waals surface area contributed by atoms with Crippen molar-refractivity contribution >= 4 is 23.8 Å². The molecule has 2 heterocycles. The van der Waals surface area contributed by atoms with Crippen LogP contribution in [0, 0.1) is 0 Å². The topological polar surface area (TPSA) is 325 Å². The molecule has 0 aromatic rings. The van der Waals surface area contributed by atoms with Crippen molar-refractivity contribution in [3.8, 4) is 0 Å². The molecular formula is C22H36N2O17. The zero-order valence-electron chi connectivity index (χ0n) is 43.0.